The van der Waals surface area contributed by atoms with Crippen molar-refractivity contribution in [2.75, 3.05) is 4.72 Å². The lowest BCUT2D eigenvalue weighted by Crippen LogP contribution is -2.17. The van der Waals surface area contributed by atoms with E-state index in [1.807, 2.05) is 24.3 Å². The molecule has 1 N–H and O–H groups in total. The quantitative estimate of drug-likeness (QED) is 0.496. The first-order valence-corrected chi connectivity index (χ1v) is 11.0. The van der Waals surface area contributed by atoms with Gasteiger partial charge in [0.15, 0.2) is 0 Å². The molecule has 152 valence electrons. The normalized spacial score (nSPS) is 14.2. The predicted molar refractivity (Wildman–Crippen MR) is 112 cm³/mol. The minimum Gasteiger partial charge on any atom is -0.299 e. The molecule has 0 spiro atoms. The summed E-state index contributed by atoms with van der Waals surface area (Å²) in [4.78, 5) is 4.37. The van der Waals surface area contributed by atoms with E-state index >= 15 is 0 Å². The number of nitrogens with zero attached hydrogens (tertiary/aromatic N) is 2. The van der Waals surface area contributed by atoms with Gasteiger partial charge in [0, 0.05) is 17.3 Å². The van der Waals surface area contributed by atoms with Crippen molar-refractivity contribution in [3.63, 3.8) is 0 Å². The Kier molecular flexibility index (Phi) is 4.32. The first-order chi connectivity index (χ1) is 14.4. The van der Waals surface area contributed by atoms with Crippen LogP contribution in [0.4, 0.5) is 14.5 Å². The molecule has 1 aliphatic rings. The van der Waals surface area contributed by atoms with Gasteiger partial charge in [0.1, 0.15) is 18.0 Å². The van der Waals surface area contributed by atoms with Crippen molar-refractivity contribution in [2.45, 2.75) is 18.1 Å². The van der Waals surface area contributed by atoms with Gasteiger partial charge in [0.05, 0.1) is 22.0 Å². The maximum Gasteiger partial charge on any atom is 0.235 e. The zero-order valence-electron chi connectivity index (χ0n) is 15.7. The molecular formula is C22H17F2N3O2S. The van der Waals surface area contributed by atoms with Crippen LogP contribution in [0.25, 0.3) is 27.8 Å². The number of halogens is 2. The lowest BCUT2D eigenvalue weighted by molar-refractivity contribution is 0.585. The number of anilines is 1. The number of benzene rings is 3. The minimum atomic E-state index is -3.51. The predicted octanol–water partition coefficient (Wildman–Crippen LogP) is 4.87. The summed E-state index contributed by atoms with van der Waals surface area (Å²) >= 11 is 0. The topological polar surface area (TPSA) is 64.0 Å². The van der Waals surface area contributed by atoms with Gasteiger partial charge in [-0.1, -0.05) is 12.1 Å². The molecule has 5 rings (SSSR count). The van der Waals surface area contributed by atoms with Crippen LogP contribution in [0.1, 0.15) is 12.8 Å². The number of aromatic nitrogens is 2. The summed E-state index contributed by atoms with van der Waals surface area (Å²) in [6, 6.07) is 15.8. The van der Waals surface area contributed by atoms with Gasteiger partial charge in [0.2, 0.25) is 10.0 Å². The molecule has 0 saturated heterocycles. The zero-order valence-corrected chi connectivity index (χ0v) is 16.5. The summed E-state index contributed by atoms with van der Waals surface area (Å²) in [5, 5.41) is -0.402. The van der Waals surface area contributed by atoms with Crippen molar-refractivity contribution in [3.8, 4) is 16.8 Å². The second-order valence-electron chi connectivity index (χ2n) is 7.34. The van der Waals surface area contributed by atoms with Gasteiger partial charge in [-0.25, -0.2) is 22.2 Å². The molecule has 30 heavy (non-hydrogen) atoms. The highest BCUT2D eigenvalue weighted by Gasteiger charge is 2.35. The van der Waals surface area contributed by atoms with Crippen molar-refractivity contribution in [1.29, 1.82) is 0 Å². The molecule has 1 fully saturated rings. The maximum absolute atomic E-state index is 14.5. The van der Waals surface area contributed by atoms with E-state index in [9.17, 15) is 17.2 Å². The van der Waals surface area contributed by atoms with Crippen molar-refractivity contribution < 1.29 is 17.2 Å². The van der Waals surface area contributed by atoms with Crippen LogP contribution in [0.5, 0.6) is 0 Å². The van der Waals surface area contributed by atoms with Crippen LogP contribution in [0.15, 0.2) is 67.0 Å². The molecule has 0 aliphatic heterocycles. The Morgan fingerprint density at radius 2 is 1.80 bits per heavy atom. The lowest BCUT2D eigenvalue weighted by atomic mass is 10.0. The van der Waals surface area contributed by atoms with Gasteiger partial charge in [0.25, 0.3) is 0 Å². The standard InChI is InChI=1S/C22H17F2N3O2S/c23-15-5-8-19(20(24)11-15)14-9-16(26-30(28,29)18-6-7-18)12-17(10-14)27-13-25-21-3-1-2-4-22(21)27/h1-5,8-13,18,26H,6-7H2. The van der Waals surface area contributed by atoms with Crippen LogP contribution in [0.3, 0.4) is 0 Å². The Morgan fingerprint density at radius 3 is 2.57 bits per heavy atom. The summed E-state index contributed by atoms with van der Waals surface area (Å²) in [5.41, 5.74) is 3.13. The summed E-state index contributed by atoms with van der Waals surface area (Å²) in [6.45, 7) is 0. The third kappa shape index (κ3) is 3.43. The number of rotatable bonds is 5. The summed E-state index contributed by atoms with van der Waals surface area (Å²) in [6.07, 6.45) is 2.88. The summed E-state index contributed by atoms with van der Waals surface area (Å²) < 4.78 is 57.2. The van der Waals surface area contributed by atoms with Crippen molar-refractivity contribution in [1.82, 2.24) is 9.55 Å². The Balaban J connectivity index is 1.68. The third-order valence-electron chi connectivity index (χ3n) is 5.11. The van der Waals surface area contributed by atoms with Crippen LogP contribution >= 0.6 is 0 Å². The highest BCUT2D eigenvalue weighted by Crippen LogP contribution is 2.33. The number of nitrogens with one attached hydrogen (secondary N) is 1. The number of para-hydroxylation sites is 2. The maximum atomic E-state index is 14.5. The van der Waals surface area contributed by atoms with Crippen molar-refractivity contribution in [3.05, 3.63) is 78.6 Å². The number of imidazole rings is 1. The van der Waals surface area contributed by atoms with E-state index in [1.165, 1.54) is 12.1 Å². The Morgan fingerprint density at radius 1 is 1.00 bits per heavy atom. The minimum absolute atomic E-state index is 0.176. The molecule has 3 aromatic carbocycles. The molecule has 1 heterocycles. The smallest absolute Gasteiger partial charge is 0.235 e. The van der Waals surface area contributed by atoms with Crippen LogP contribution in [0, 0.1) is 11.6 Å². The highest BCUT2D eigenvalue weighted by molar-refractivity contribution is 7.93. The second-order valence-corrected chi connectivity index (χ2v) is 9.30. The highest BCUT2D eigenvalue weighted by atomic mass is 32.2. The van der Waals surface area contributed by atoms with E-state index in [2.05, 4.69) is 9.71 Å². The zero-order chi connectivity index (χ0) is 20.9. The Bertz CT molecular complexity index is 1380. The molecule has 1 aromatic heterocycles. The number of sulfonamides is 1. The molecule has 1 saturated carbocycles. The largest absolute Gasteiger partial charge is 0.299 e. The first kappa shape index (κ1) is 18.7. The van der Waals surface area contributed by atoms with Crippen molar-refractivity contribution in [2.24, 2.45) is 0 Å². The molecular weight excluding hydrogens is 408 g/mol. The fourth-order valence-electron chi connectivity index (χ4n) is 3.48. The molecule has 1 aliphatic carbocycles. The molecule has 0 amide bonds. The van der Waals surface area contributed by atoms with E-state index in [-0.39, 0.29) is 5.56 Å². The molecule has 8 heteroatoms. The van der Waals surface area contributed by atoms with Crippen LogP contribution in [-0.2, 0) is 10.0 Å². The van der Waals surface area contributed by atoms with Crippen LogP contribution in [-0.4, -0.2) is 23.2 Å². The molecule has 0 bridgehead atoms. The number of hydrogen-bond donors (Lipinski definition) is 1. The van der Waals surface area contributed by atoms with E-state index in [0.29, 0.717) is 29.8 Å². The third-order valence-corrected chi connectivity index (χ3v) is 6.98. The molecule has 4 aromatic rings. The summed E-state index contributed by atoms with van der Waals surface area (Å²) in [7, 11) is -3.51. The number of fused-ring (bicyclic) bond motifs is 1. The SMILES string of the molecule is O=S(=O)(Nc1cc(-c2ccc(F)cc2F)cc(-n2cnc3ccccc32)c1)C1CC1. The fourth-order valence-corrected chi connectivity index (χ4v) is 4.85. The van der Waals surface area contributed by atoms with E-state index < -0.39 is 26.9 Å². The fraction of sp³-hybridized carbons (Fsp3) is 0.136. The Labute approximate surface area is 172 Å². The second kappa shape index (κ2) is 6.91. The number of hydrogen-bond acceptors (Lipinski definition) is 3. The molecule has 0 radical (unpaired) electrons. The van der Waals surface area contributed by atoms with E-state index in [1.54, 1.807) is 29.1 Å². The van der Waals surface area contributed by atoms with Crippen LogP contribution in [0.2, 0.25) is 0 Å². The lowest BCUT2D eigenvalue weighted by Gasteiger charge is -2.14. The monoisotopic (exact) mass is 425 g/mol. The van der Waals surface area contributed by atoms with Gasteiger partial charge in [-0.3, -0.25) is 9.29 Å². The van der Waals surface area contributed by atoms with Gasteiger partial charge in [-0.2, -0.15) is 0 Å². The van der Waals surface area contributed by atoms with Crippen LogP contribution < -0.4 is 4.72 Å². The Hall–Kier alpha value is -3.26. The molecule has 5 nitrogen and oxygen atoms in total. The average Bonchev–Trinajstić information content (AvgIpc) is 3.48. The van der Waals surface area contributed by atoms with Gasteiger partial charge < -0.3 is 0 Å². The van der Waals surface area contributed by atoms with Crippen molar-refractivity contribution >= 4 is 26.7 Å². The van der Waals surface area contributed by atoms with Gasteiger partial charge >= 0.3 is 0 Å². The van der Waals surface area contributed by atoms with Gasteiger partial charge in [-0.05, 0) is 60.9 Å². The molecule has 0 atom stereocenters. The van der Waals surface area contributed by atoms with E-state index in [0.717, 1.165) is 17.1 Å². The average molecular weight is 425 g/mol. The van der Waals surface area contributed by atoms with Gasteiger partial charge in [-0.15, -0.1) is 0 Å². The summed E-state index contributed by atoms with van der Waals surface area (Å²) in [5.74, 6) is -1.40. The first-order valence-electron chi connectivity index (χ1n) is 9.45. The molecule has 0 unspecified atom stereocenters. The van der Waals surface area contributed by atoms with E-state index in [4.69, 9.17) is 0 Å².